The zero-order chi connectivity index (χ0) is 18.1. The molecule has 0 fully saturated rings. The number of carbonyl (C=O) groups is 2. The first kappa shape index (κ1) is 17.9. The van der Waals surface area contributed by atoms with Crippen LogP contribution in [-0.2, 0) is 11.3 Å². The summed E-state index contributed by atoms with van der Waals surface area (Å²) in [6, 6.07) is 13.3. The fourth-order valence-corrected chi connectivity index (χ4v) is 2.03. The Balaban J connectivity index is 1.83. The molecule has 1 amide bonds. The largest absolute Gasteiger partial charge is 0.445 e. The van der Waals surface area contributed by atoms with Gasteiger partial charge in [-0.1, -0.05) is 42.5 Å². The Hall–Kier alpha value is -3.48. The van der Waals surface area contributed by atoms with E-state index in [1.54, 1.807) is 12.2 Å². The monoisotopic (exact) mass is 340 g/mol. The van der Waals surface area contributed by atoms with Gasteiger partial charge in [0.05, 0.1) is 4.92 Å². The zero-order valence-corrected chi connectivity index (χ0v) is 13.3. The fourth-order valence-electron chi connectivity index (χ4n) is 2.03. The Morgan fingerprint density at radius 2 is 1.92 bits per heavy atom. The van der Waals surface area contributed by atoms with Crippen molar-refractivity contribution in [3.05, 3.63) is 81.4 Å². The number of hydrogen-bond donors (Lipinski definition) is 1. The van der Waals surface area contributed by atoms with Crippen molar-refractivity contribution in [3.63, 3.8) is 0 Å². The molecule has 0 saturated carbocycles. The van der Waals surface area contributed by atoms with E-state index in [4.69, 9.17) is 4.74 Å². The molecule has 0 atom stereocenters. The number of nitrogens with zero attached hydrogens (tertiary/aromatic N) is 1. The molecule has 0 heterocycles. The second kappa shape index (κ2) is 8.97. The minimum absolute atomic E-state index is 0.151. The van der Waals surface area contributed by atoms with Crippen LogP contribution < -0.4 is 5.32 Å². The number of rotatable bonds is 7. The molecular weight excluding hydrogens is 324 g/mol. The van der Waals surface area contributed by atoms with Crippen LogP contribution in [0.5, 0.6) is 0 Å². The third-order valence-corrected chi connectivity index (χ3v) is 3.28. The van der Waals surface area contributed by atoms with Crippen LogP contribution in [0, 0.1) is 10.1 Å². The highest BCUT2D eigenvalue weighted by atomic mass is 16.6. The van der Waals surface area contributed by atoms with Gasteiger partial charge in [0.15, 0.2) is 6.29 Å². The van der Waals surface area contributed by atoms with Crippen LogP contribution >= 0.6 is 0 Å². The number of non-ortho nitro benzene ring substituents is 1. The van der Waals surface area contributed by atoms with Gasteiger partial charge in [0.1, 0.15) is 6.61 Å². The molecule has 128 valence electrons. The summed E-state index contributed by atoms with van der Waals surface area (Å²) in [4.78, 5) is 32.7. The molecule has 0 aromatic heterocycles. The van der Waals surface area contributed by atoms with Gasteiger partial charge >= 0.3 is 6.09 Å². The van der Waals surface area contributed by atoms with Crippen molar-refractivity contribution in [2.24, 2.45) is 0 Å². The summed E-state index contributed by atoms with van der Waals surface area (Å²) in [5.74, 6) is 0. The zero-order valence-electron chi connectivity index (χ0n) is 13.3. The van der Waals surface area contributed by atoms with E-state index in [1.807, 2.05) is 30.3 Å². The van der Waals surface area contributed by atoms with Crippen molar-refractivity contribution in [2.75, 3.05) is 6.54 Å². The Morgan fingerprint density at radius 3 is 2.60 bits per heavy atom. The van der Waals surface area contributed by atoms with E-state index in [0.29, 0.717) is 11.8 Å². The van der Waals surface area contributed by atoms with Gasteiger partial charge in [-0.25, -0.2) is 4.79 Å². The Kier molecular flexibility index (Phi) is 6.41. The maximum absolute atomic E-state index is 11.6. The molecule has 0 spiro atoms. The van der Waals surface area contributed by atoms with Crippen molar-refractivity contribution in [2.45, 2.75) is 6.61 Å². The molecule has 0 radical (unpaired) electrons. The molecule has 7 nitrogen and oxygen atoms in total. The smallest absolute Gasteiger partial charge is 0.407 e. The summed E-state index contributed by atoms with van der Waals surface area (Å²) in [6.07, 6.45) is 3.21. The fraction of sp³-hybridized carbons (Fsp3) is 0.111. The Morgan fingerprint density at radius 1 is 1.16 bits per heavy atom. The number of alkyl carbamates (subject to hydrolysis) is 1. The number of aldehydes is 1. The van der Waals surface area contributed by atoms with Gasteiger partial charge in [-0.05, 0) is 17.2 Å². The number of nitro groups is 1. The number of hydrogen-bond acceptors (Lipinski definition) is 5. The first-order chi connectivity index (χ1) is 12.1. The van der Waals surface area contributed by atoms with Gasteiger partial charge < -0.3 is 10.1 Å². The summed E-state index contributed by atoms with van der Waals surface area (Å²) in [5.41, 5.74) is 1.47. The molecular formula is C18H16N2O5. The third-order valence-electron chi connectivity index (χ3n) is 3.28. The second-order valence-corrected chi connectivity index (χ2v) is 5.03. The summed E-state index contributed by atoms with van der Waals surface area (Å²) in [6.45, 7) is 0.372. The lowest BCUT2D eigenvalue weighted by molar-refractivity contribution is -0.384. The van der Waals surface area contributed by atoms with Crippen LogP contribution in [0.15, 0.2) is 54.6 Å². The molecule has 0 aliphatic heterocycles. The summed E-state index contributed by atoms with van der Waals surface area (Å²) < 4.78 is 5.05. The van der Waals surface area contributed by atoms with Gasteiger partial charge in [0, 0.05) is 24.2 Å². The molecule has 0 saturated heterocycles. The van der Waals surface area contributed by atoms with E-state index in [0.717, 1.165) is 5.56 Å². The first-order valence-electron chi connectivity index (χ1n) is 7.45. The third kappa shape index (κ3) is 5.58. The lowest BCUT2D eigenvalue weighted by atomic mass is 10.1. The normalized spacial score (nSPS) is 10.4. The SMILES string of the molecule is O=Cc1cc([N+](=O)[O-])ccc1C=CCNC(=O)OCc1ccccc1. The van der Waals surface area contributed by atoms with Crippen molar-refractivity contribution < 1.29 is 19.2 Å². The number of amides is 1. The molecule has 0 aliphatic carbocycles. The number of carbonyl (C=O) groups excluding carboxylic acids is 2. The molecule has 0 bridgehead atoms. The molecule has 2 rings (SSSR count). The number of nitrogens with one attached hydrogen (secondary N) is 1. The van der Waals surface area contributed by atoms with Gasteiger partial charge in [-0.2, -0.15) is 0 Å². The number of ether oxygens (including phenoxy) is 1. The molecule has 0 aliphatic rings. The van der Waals surface area contributed by atoms with Crippen molar-refractivity contribution in [3.8, 4) is 0 Å². The summed E-state index contributed by atoms with van der Waals surface area (Å²) in [7, 11) is 0. The number of nitro benzene ring substituents is 1. The highest BCUT2D eigenvalue weighted by Crippen LogP contribution is 2.17. The first-order valence-corrected chi connectivity index (χ1v) is 7.45. The summed E-state index contributed by atoms with van der Waals surface area (Å²) >= 11 is 0. The van der Waals surface area contributed by atoms with Crippen LogP contribution in [0.3, 0.4) is 0 Å². The maximum atomic E-state index is 11.6. The van der Waals surface area contributed by atoms with Crippen molar-refractivity contribution in [1.29, 1.82) is 0 Å². The minimum Gasteiger partial charge on any atom is -0.445 e. The van der Waals surface area contributed by atoms with Gasteiger partial charge in [-0.15, -0.1) is 0 Å². The van der Waals surface area contributed by atoms with Crippen LogP contribution in [0.4, 0.5) is 10.5 Å². The van der Waals surface area contributed by atoms with E-state index in [9.17, 15) is 19.7 Å². The predicted octanol–water partition coefficient (Wildman–Crippen LogP) is 3.35. The average Bonchev–Trinajstić information content (AvgIpc) is 2.64. The molecule has 2 aromatic rings. The number of benzene rings is 2. The predicted molar refractivity (Wildman–Crippen MR) is 92.1 cm³/mol. The van der Waals surface area contributed by atoms with Crippen LogP contribution in [-0.4, -0.2) is 23.8 Å². The highest BCUT2D eigenvalue weighted by Gasteiger charge is 2.08. The minimum atomic E-state index is -0.565. The van der Waals surface area contributed by atoms with Crippen LogP contribution in [0.2, 0.25) is 0 Å². The lowest BCUT2D eigenvalue weighted by Gasteiger charge is -2.05. The van der Waals surface area contributed by atoms with Gasteiger partial charge in [0.2, 0.25) is 0 Å². The molecule has 1 N–H and O–H groups in total. The van der Waals surface area contributed by atoms with Crippen LogP contribution in [0.25, 0.3) is 6.08 Å². The molecule has 0 unspecified atom stereocenters. The van der Waals surface area contributed by atoms with Gasteiger partial charge in [0.25, 0.3) is 5.69 Å². The van der Waals surface area contributed by atoms with Crippen LogP contribution in [0.1, 0.15) is 21.5 Å². The highest BCUT2D eigenvalue weighted by molar-refractivity contribution is 5.83. The summed E-state index contributed by atoms with van der Waals surface area (Å²) in [5, 5.41) is 13.2. The topological polar surface area (TPSA) is 98.5 Å². The molecule has 25 heavy (non-hydrogen) atoms. The second-order valence-electron chi connectivity index (χ2n) is 5.03. The van der Waals surface area contributed by atoms with E-state index in [1.165, 1.54) is 18.2 Å². The van der Waals surface area contributed by atoms with E-state index >= 15 is 0 Å². The van der Waals surface area contributed by atoms with E-state index < -0.39 is 11.0 Å². The Labute approximate surface area is 144 Å². The van der Waals surface area contributed by atoms with Gasteiger partial charge in [-0.3, -0.25) is 14.9 Å². The lowest BCUT2D eigenvalue weighted by Crippen LogP contribution is -2.24. The Bertz CT molecular complexity index is 787. The quantitative estimate of drug-likeness (QED) is 0.473. The average molecular weight is 340 g/mol. The van der Waals surface area contributed by atoms with Crippen molar-refractivity contribution in [1.82, 2.24) is 5.32 Å². The molecule has 2 aromatic carbocycles. The molecule has 7 heteroatoms. The maximum Gasteiger partial charge on any atom is 0.407 e. The van der Waals surface area contributed by atoms with E-state index in [2.05, 4.69) is 5.32 Å². The standard InChI is InChI=1S/C18H16N2O5/c21-12-16-11-17(20(23)24)9-8-15(16)7-4-10-19-18(22)25-13-14-5-2-1-3-6-14/h1-9,11-12H,10,13H2,(H,19,22). The van der Waals surface area contributed by atoms with E-state index in [-0.39, 0.29) is 24.4 Å². The van der Waals surface area contributed by atoms with Crippen molar-refractivity contribution >= 4 is 24.1 Å².